The zero-order valence-corrected chi connectivity index (χ0v) is 7.94. The lowest BCUT2D eigenvalue weighted by Gasteiger charge is -2.02. The normalized spacial score (nSPS) is 15.6. The first-order valence-corrected chi connectivity index (χ1v) is 4.66. The number of hydrogen-bond acceptors (Lipinski definition) is 1. The van der Waals surface area contributed by atoms with E-state index >= 15 is 0 Å². The standard InChI is InChI=1S/C10H7ClF2O/c11-7-4-3-6(8(12)9(7)13)10(14)5-1-2-5/h3-5H,1-2H2. The SMILES string of the molecule is O=C(c1ccc(Cl)c(F)c1F)C1CC1. The number of ketones is 1. The van der Waals surface area contributed by atoms with E-state index in [1.807, 2.05) is 0 Å². The lowest BCUT2D eigenvalue weighted by atomic mass is 10.1. The molecule has 1 aliphatic rings. The summed E-state index contributed by atoms with van der Waals surface area (Å²) in [6, 6.07) is 2.44. The van der Waals surface area contributed by atoms with Gasteiger partial charge in [-0.1, -0.05) is 11.6 Å². The molecule has 0 radical (unpaired) electrons. The van der Waals surface area contributed by atoms with Gasteiger partial charge in [-0.2, -0.15) is 0 Å². The third-order valence-corrected chi connectivity index (χ3v) is 2.54. The first-order valence-electron chi connectivity index (χ1n) is 4.29. The van der Waals surface area contributed by atoms with E-state index in [1.54, 1.807) is 0 Å². The van der Waals surface area contributed by atoms with E-state index in [0.717, 1.165) is 12.8 Å². The van der Waals surface area contributed by atoms with Gasteiger partial charge in [0.25, 0.3) is 0 Å². The molecule has 0 unspecified atom stereocenters. The molecule has 0 atom stereocenters. The molecule has 0 aromatic heterocycles. The van der Waals surface area contributed by atoms with Crippen molar-refractivity contribution in [3.05, 3.63) is 34.4 Å². The van der Waals surface area contributed by atoms with E-state index < -0.39 is 11.6 Å². The molecule has 14 heavy (non-hydrogen) atoms. The summed E-state index contributed by atoms with van der Waals surface area (Å²) < 4.78 is 26.2. The van der Waals surface area contributed by atoms with Crippen LogP contribution >= 0.6 is 11.6 Å². The quantitative estimate of drug-likeness (QED) is 0.548. The minimum atomic E-state index is -1.14. The van der Waals surface area contributed by atoms with Gasteiger partial charge in [-0.05, 0) is 25.0 Å². The summed E-state index contributed by atoms with van der Waals surface area (Å²) in [7, 11) is 0. The highest BCUT2D eigenvalue weighted by molar-refractivity contribution is 6.30. The Morgan fingerprint density at radius 2 is 1.93 bits per heavy atom. The Morgan fingerprint density at radius 1 is 1.29 bits per heavy atom. The van der Waals surface area contributed by atoms with E-state index in [2.05, 4.69) is 0 Å². The fourth-order valence-electron chi connectivity index (χ4n) is 1.28. The average Bonchev–Trinajstić information content (AvgIpc) is 2.97. The van der Waals surface area contributed by atoms with Gasteiger partial charge in [0, 0.05) is 5.92 Å². The Morgan fingerprint density at radius 3 is 2.50 bits per heavy atom. The Hall–Kier alpha value is -0.960. The van der Waals surface area contributed by atoms with Crippen molar-refractivity contribution in [2.75, 3.05) is 0 Å². The second-order valence-electron chi connectivity index (χ2n) is 3.36. The molecule has 1 fully saturated rings. The van der Waals surface area contributed by atoms with Crippen molar-refractivity contribution in [3.63, 3.8) is 0 Å². The molecule has 74 valence electrons. The van der Waals surface area contributed by atoms with E-state index in [9.17, 15) is 13.6 Å². The van der Waals surface area contributed by atoms with Crippen molar-refractivity contribution < 1.29 is 13.6 Å². The smallest absolute Gasteiger partial charge is 0.178 e. The monoisotopic (exact) mass is 216 g/mol. The minimum Gasteiger partial charge on any atom is -0.294 e. The van der Waals surface area contributed by atoms with Crippen LogP contribution < -0.4 is 0 Å². The molecule has 0 spiro atoms. The number of hydrogen-bond donors (Lipinski definition) is 0. The van der Waals surface area contributed by atoms with Crippen LogP contribution in [0.2, 0.25) is 5.02 Å². The van der Waals surface area contributed by atoms with Crippen molar-refractivity contribution in [3.8, 4) is 0 Å². The summed E-state index contributed by atoms with van der Waals surface area (Å²) >= 11 is 5.36. The molecule has 1 aromatic rings. The highest BCUT2D eigenvalue weighted by Crippen LogP contribution is 2.34. The third kappa shape index (κ3) is 1.52. The van der Waals surface area contributed by atoms with Crippen LogP contribution in [-0.2, 0) is 0 Å². The van der Waals surface area contributed by atoms with Crippen LogP contribution in [0.15, 0.2) is 12.1 Å². The van der Waals surface area contributed by atoms with Crippen LogP contribution in [0, 0.1) is 17.6 Å². The Balaban J connectivity index is 2.43. The number of carbonyl (C=O) groups is 1. The van der Waals surface area contributed by atoms with Gasteiger partial charge in [-0.15, -0.1) is 0 Å². The zero-order chi connectivity index (χ0) is 10.3. The summed E-state index contributed by atoms with van der Waals surface area (Å²) in [6.45, 7) is 0. The van der Waals surface area contributed by atoms with Gasteiger partial charge in [0.1, 0.15) is 0 Å². The summed E-state index contributed by atoms with van der Waals surface area (Å²) in [5.41, 5.74) is -0.186. The number of halogens is 3. The van der Waals surface area contributed by atoms with Crippen LogP contribution in [0.3, 0.4) is 0 Å². The van der Waals surface area contributed by atoms with E-state index in [-0.39, 0.29) is 22.3 Å². The van der Waals surface area contributed by atoms with Gasteiger partial charge in [-0.3, -0.25) is 4.79 Å². The largest absolute Gasteiger partial charge is 0.294 e. The van der Waals surface area contributed by atoms with E-state index in [0.29, 0.717) is 0 Å². The van der Waals surface area contributed by atoms with Gasteiger partial charge < -0.3 is 0 Å². The average molecular weight is 217 g/mol. The van der Waals surface area contributed by atoms with Gasteiger partial charge in [0.15, 0.2) is 17.4 Å². The van der Waals surface area contributed by atoms with E-state index in [1.165, 1.54) is 12.1 Å². The first-order chi connectivity index (χ1) is 6.61. The van der Waals surface area contributed by atoms with Crippen LogP contribution in [-0.4, -0.2) is 5.78 Å². The van der Waals surface area contributed by atoms with Gasteiger partial charge in [0.2, 0.25) is 0 Å². The highest BCUT2D eigenvalue weighted by Gasteiger charge is 2.32. The number of Topliss-reactive ketones (excluding diaryl/α,β-unsaturated/α-hetero) is 1. The van der Waals surface area contributed by atoms with Gasteiger partial charge in [-0.25, -0.2) is 8.78 Å². The maximum Gasteiger partial charge on any atom is 0.178 e. The molecule has 4 heteroatoms. The fourth-order valence-corrected chi connectivity index (χ4v) is 1.43. The van der Waals surface area contributed by atoms with E-state index in [4.69, 9.17) is 11.6 Å². The van der Waals surface area contributed by atoms with Gasteiger partial charge >= 0.3 is 0 Å². The zero-order valence-electron chi connectivity index (χ0n) is 7.19. The maximum atomic E-state index is 13.2. The molecular weight excluding hydrogens is 210 g/mol. The van der Waals surface area contributed by atoms with Crippen molar-refractivity contribution in [2.45, 2.75) is 12.8 Å². The van der Waals surface area contributed by atoms with Crippen molar-refractivity contribution in [2.24, 2.45) is 5.92 Å². The fraction of sp³-hybridized carbons (Fsp3) is 0.300. The second-order valence-corrected chi connectivity index (χ2v) is 3.77. The molecule has 0 bridgehead atoms. The maximum absolute atomic E-state index is 13.2. The molecule has 0 saturated heterocycles. The van der Waals surface area contributed by atoms with Crippen LogP contribution in [0.1, 0.15) is 23.2 Å². The summed E-state index contributed by atoms with van der Waals surface area (Å²) in [5, 5.41) is -0.296. The van der Waals surface area contributed by atoms with Crippen molar-refractivity contribution in [1.29, 1.82) is 0 Å². The molecule has 1 aliphatic carbocycles. The summed E-state index contributed by atoms with van der Waals surface area (Å²) in [4.78, 5) is 11.4. The molecule has 0 amide bonds. The predicted octanol–water partition coefficient (Wildman–Crippen LogP) is 3.21. The lowest BCUT2D eigenvalue weighted by molar-refractivity contribution is 0.0962. The molecule has 2 rings (SSSR count). The molecule has 0 N–H and O–H groups in total. The van der Waals surface area contributed by atoms with Crippen LogP contribution in [0.5, 0.6) is 0 Å². The number of rotatable bonds is 2. The summed E-state index contributed by atoms with van der Waals surface area (Å²) in [6.07, 6.45) is 1.53. The third-order valence-electron chi connectivity index (χ3n) is 2.25. The Bertz CT molecular complexity index is 399. The first kappa shape index (κ1) is 9.59. The Labute approximate surface area is 84.7 Å². The number of carbonyl (C=O) groups excluding carboxylic acids is 1. The topological polar surface area (TPSA) is 17.1 Å². The number of benzene rings is 1. The summed E-state index contributed by atoms with van der Waals surface area (Å²) in [5.74, 6) is -2.71. The predicted molar refractivity (Wildman–Crippen MR) is 48.4 cm³/mol. The molecule has 1 nitrogen and oxygen atoms in total. The highest BCUT2D eigenvalue weighted by atomic mass is 35.5. The molecule has 0 heterocycles. The van der Waals surface area contributed by atoms with Crippen molar-refractivity contribution >= 4 is 17.4 Å². The van der Waals surface area contributed by atoms with Crippen LogP contribution in [0.25, 0.3) is 0 Å². The second kappa shape index (κ2) is 3.31. The molecule has 1 saturated carbocycles. The van der Waals surface area contributed by atoms with Gasteiger partial charge in [0.05, 0.1) is 10.6 Å². The molecule has 1 aromatic carbocycles. The molecule has 0 aliphatic heterocycles. The molecular formula is C10H7ClF2O. The lowest BCUT2D eigenvalue weighted by Crippen LogP contribution is -2.06. The Kier molecular flexibility index (Phi) is 2.27. The minimum absolute atomic E-state index is 0.120. The van der Waals surface area contributed by atoms with Crippen molar-refractivity contribution in [1.82, 2.24) is 0 Å². The van der Waals surface area contributed by atoms with Crippen LogP contribution in [0.4, 0.5) is 8.78 Å².